The van der Waals surface area contributed by atoms with Gasteiger partial charge in [-0.15, -0.1) is 0 Å². The van der Waals surface area contributed by atoms with Gasteiger partial charge in [-0.2, -0.15) is 0 Å². The van der Waals surface area contributed by atoms with Crippen molar-refractivity contribution >= 4 is 23.2 Å². The molecule has 0 radical (unpaired) electrons. The zero-order chi connectivity index (χ0) is 14.2. The lowest BCUT2D eigenvalue weighted by atomic mass is 10.0. The molecule has 1 aromatic rings. The molecule has 2 N–H and O–H groups in total. The predicted octanol–water partition coefficient (Wildman–Crippen LogP) is 0.906. The van der Waals surface area contributed by atoms with Gasteiger partial charge in [-0.3, -0.25) is 9.59 Å². The highest BCUT2D eigenvalue weighted by molar-refractivity contribution is 5.98. The van der Waals surface area contributed by atoms with E-state index in [9.17, 15) is 9.59 Å². The van der Waals surface area contributed by atoms with Crippen LogP contribution in [0.5, 0.6) is 0 Å². The van der Waals surface area contributed by atoms with Gasteiger partial charge >= 0.3 is 0 Å². The third-order valence-corrected chi connectivity index (χ3v) is 3.51. The number of anilines is 2. The van der Waals surface area contributed by atoms with E-state index < -0.39 is 6.04 Å². The van der Waals surface area contributed by atoms with Gasteiger partial charge in [0, 0.05) is 31.9 Å². The average molecular weight is 261 g/mol. The number of nitrogens with two attached hydrogens (primary N) is 1. The molecule has 2 rings (SSSR count). The van der Waals surface area contributed by atoms with Gasteiger partial charge in [0.05, 0.1) is 6.04 Å². The fraction of sp³-hybridized carbons (Fsp3) is 0.429. The number of carbonyl (C=O) groups is 2. The molecule has 1 aliphatic rings. The molecule has 0 aromatic heterocycles. The van der Waals surface area contributed by atoms with E-state index in [0.717, 1.165) is 16.9 Å². The molecule has 0 saturated carbocycles. The van der Waals surface area contributed by atoms with Crippen LogP contribution in [0.4, 0.5) is 11.4 Å². The van der Waals surface area contributed by atoms with Crippen LogP contribution in [0.15, 0.2) is 18.2 Å². The van der Waals surface area contributed by atoms with E-state index in [2.05, 4.69) is 0 Å². The topological polar surface area (TPSA) is 66.6 Å². The molecule has 19 heavy (non-hydrogen) atoms. The van der Waals surface area contributed by atoms with E-state index in [0.29, 0.717) is 12.8 Å². The number of rotatable bonds is 2. The lowest BCUT2D eigenvalue weighted by Crippen LogP contribution is -2.40. The van der Waals surface area contributed by atoms with Gasteiger partial charge in [0.25, 0.3) is 0 Å². The van der Waals surface area contributed by atoms with Crippen LogP contribution < -0.4 is 15.5 Å². The number of fused-ring (bicyclic) bond motifs is 1. The highest BCUT2D eigenvalue weighted by Gasteiger charge is 2.22. The first-order valence-electron chi connectivity index (χ1n) is 6.34. The molecule has 1 heterocycles. The number of hydrogen-bond donors (Lipinski definition) is 1. The van der Waals surface area contributed by atoms with Crippen molar-refractivity contribution in [2.75, 3.05) is 23.9 Å². The van der Waals surface area contributed by atoms with E-state index in [1.165, 1.54) is 0 Å². The van der Waals surface area contributed by atoms with Gasteiger partial charge in [0.2, 0.25) is 11.8 Å². The van der Waals surface area contributed by atoms with Crippen molar-refractivity contribution in [2.24, 2.45) is 5.73 Å². The van der Waals surface area contributed by atoms with Crippen LogP contribution in [0.3, 0.4) is 0 Å². The zero-order valence-corrected chi connectivity index (χ0v) is 11.5. The summed E-state index contributed by atoms with van der Waals surface area (Å²) in [7, 11) is 3.49. The van der Waals surface area contributed by atoms with Crippen molar-refractivity contribution in [3.05, 3.63) is 23.8 Å². The molecular formula is C14H19N3O2. The monoisotopic (exact) mass is 261 g/mol. The minimum atomic E-state index is -0.523. The van der Waals surface area contributed by atoms with Crippen LogP contribution in [0.25, 0.3) is 0 Å². The molecule has 5 nitrogen and oxygen atoms in total. The second kappa shape index (κ2) is 5.01. The lowest BCUT2D eigenvalue weighted by Gasteiger charge is -2.27. The fourth-order valence-corrected chi connectivity index (χ4v) is 2.28. The van der Waals surface area contributed by atoms with Crippen molar-refractivity contribution in [3.63, 3.8) is 0 Å². The molecule has 0 spiro atoms. The number of likely N-dealkylation sites (N-methyl/N-ethyl adjacent to an activating group) is 1. The fourth-order valence-electron chi connectivity index (χ4n) is 2.28. The molecule has 1 atom stereocenters. The van der Waals surface area contributed by atoms with Crippen molar-refractivity contribution in [1.29, 1.82) is 0 Å². The Morgan fingerprint density at radius 3 is 2.74 bits per heavy atom. The number of amides is 2. The number of carbonyl (C=O) groups excluding carboxylic acids is 2. The Kier molecular flexibility index (Phi) is 3.57. The van der Waals surface area contributed by atoms with Crippen LogP contribution in [-0.2, 0) is 16.0 Å². The van der Waals surface area contributed by atoms with Gasteiger partial charge in [0.1, 0.15) is 0 Å². The summed E-state index contributed by atoms with van der Waals surface area (Å²) in [4.78, 5) is 26.7. The van der Waals surface area contributed by atoms with Crippen LogP contribution in [-0.4, -0.2) is 32.0 Å². The second-order valence-electron chi connectivity index (χ2n) is 4.95. The maximum absolute atomic E-state index is 11.9. The first kappa shape index (κ1) is 13.5. The van der Waals surface area contributed by atoms with Gasteiger partial charge in [-0.25, -0.2) is 0 Å². The molecule has 0 bridgehead atoms. The largest absolute Gasteiger partial charge is 0.320 e. The molecule has 1 aromatic carbocycles. The molecule has 0 aliphatic carbocycles. The Bertz CT molecular complexity index is 525. The Morgan fingerprint density at radius 2 is 2.11 bits per heavy atom. The number of hydrogen-bond acceptors (Lipinski definition) is 3. The molecule has 2 amide bonds. The quantitative estimate of drug-likeness (QED) is 0.860. The summed E-state index contributed by atoms with van der Waals surface area (Å²) in [6.45, 7) is 1.67. The van der Waals surface area contributed by atoms with Crippen molar-refractivity contribution in [3.8, 4) is 0 Å². The van der Waals surface area contributed by atoms with E-state index in [-0.39, 0.29) is 11.8 Å². The normalized spacial score (nSPS) is 16.0. The summed E-state index contributed by atoms with van der Waals surface area (Å²) in [6.07, 6.45) is 1.23. The first-order chi connectivity index (χ1) is 8.91. The van der Waals surface area contributed by atoms with Crippen LogP contribution in [0.1, 0.15) is 18.9 Å². The molecule has 0 saturated heterocycles. The van der Waals surface area contributed by atoms with E-state index in [1.807, 2.05) is 18.2 Å². The van der Waals surface area contributed by atoms with Gasteiger partial charge in [0.15, 0.2) is 0 Å². The number of aryl methyl sites for hydroxylation is 1. The molecule has 102 valence electrons. The summed E-state index contributed by atoms with van der Waals surface area (Å²) in [6, 6.07) is 5.16. The van der Waals surface area contributed by atoms with Crippen molar-refractivity contribution < 1.29 is 9.59 Å². The highest BCUT2D eigenvalue weighted by Crippen LogP contribution is 2.30. The smallest absolute Gasteiger partial charge is 0.243 e. The van der Waals surface area contributed by atoms with Gasteiger partial charge < -0.3 is 15.5 Å². The van der Waals surface area contributed by atoms with Gasteiger partial charge in [-0.1, -0.05) is 0 Å². The van der Waals surface area contributed by atoms with Crippen molar-refractivity contribution in [2.45, 2.75) is 25.8 Å². The van der Waals surface area contributed by atoms with Crippen LogP contribution >= 0.6 is 0 Å². The molecule has 1 aliphatic heterocycles. The van der Waals surface area contributed by atoms with Crippen LogP contribution in [0, 0.1) is 0 Å². The summed E-state index contributed by atoms with van der Waals surface area (Å²) >= 11 is 0. The minimum absolute atomic E-state index is 0.125. The third-order valence-electron chi connectivity index (χ3n) is 3.51. The average Bonchev–Trinajstić information content (AvgIpc) is 2.40. The summed E-state index contributed by atoms with van der Waals surface area (Å²) < 4.78 is 0. The number of benzene rings is 1. The maximum Gasteiger partial charge on any atom is 0.243 e. The lowest BCUT2D eigenvalue weighted by molar-refractivity contribution is -0.119. The van der Waals surface area contributed by atoms with Crippen LogP contribution in [0.2, 0.25) is 0 Å². The molecule has 1 unspecified atom stereocenters. The Hall–Kier alpha value is -1.88. The summed E-state index contributed by atoms with van der Waals surface area (Å²) in [5, 5.41) is 0. The predicted molar refractivity (Wildman–Crippen MR) is 75.2 cm³/mol. The Morgan fingerprint density at radius 1 is 1.42 bits per heavy atom. The molecule has 5 heteroatoms. The standard InChI is InChI=1S/C14H19N3O2/c1-9(15)14(19)16(2)11-5-6-12-10(8-11)4-7-13(18)17(12)3/h5-6,8-9H,4,7,15H2,1-3H3. The first-order valence-corrected chi connectivity index (χ1v) is 6.34. The highest BCUT2D eigenvalue weighted by atomic mass is 16.2. The van der Waals surface area contributed by atoms with E-state index >= 15 is 0 Å². The van der Waals surface area contributed by atoms with Crippen molar-refractivity contribution in [1.82, 2.24) is 0 Å². The Labute approximate surface area is 113 Å². The second-order valence-corrected chi connectivity index (χ2v) is 4.95. The molecule has 0 fully saturated rings. The summed E-state index contributed by atoms with van der Waals surface area (Å²) in [5.41, 5.74) is 8.42. The maximum atomic E-state index is 11.9. The SMILES string of the molecule is CC(N)C(=O)N(C)c1ccc2c(c1)CCC(=O)N2C. The third kappa shape index (κ3) is 2.46. The van der Waals surface area contributed by atoms with Gasteiger partial charge in [-0.05, 0) is 37.1 Å². The van der Waals surface area contributed by atoms with E-state index in [4.69, 9.17) is 5.73 Å². The molecular weight excluding hydrogens is 242 g/mol. The van der Waals surface area contributed by atoms with E-state index in [1.54, 1.807) is 30.8 Å². The summed E-state index contributed by atoms with van der Waals surface area (Å²) in [5.74, 6) is 0.000418. The zero-order valence-electron chi connectivity index (χ0n) is 11.5. The number of nitrogens with zero attached hydrogens (tertiary/aromatic N) is 2. The minimum Gasteiger partial charge on any atom is -0.320 e. The Balaban J connectivity index is 2.32.